The molecule has 1 N–H and O–H groups in total. The second-order valence-corrected chi connectivity index (χ2v) is 8.40. The first-order chi connectivity index (χ1) is 12.7. The molecule has 1 aromatic heterocycles. The molecule has 1 unspecified atom stereocenters. The van der Waals surface area contributed by atoms with Crippen molar-refractivity contribution in [2.45, 2.75) is 51.4 Å². The largest absolute Gasteiger partial charge is 0.481 e. The van der Waals surface area contributed by atoms with Gasteiger partial charge in [0.05, 0.1) is 0 Å². The van der Waals surface area contributed by atoms with E-state index in [9.17, 15) is 4.79 Å². The van der Waals surface area contributed by atoms with Crippen molar-refractivity contribution in [2.24, 2.45) is 11.8 Å². The number of hydrogen-bond donors (Lipinski definition) is 1. The van der Waals surface area contributed by atoms with Gasteiger partial charge in [0.25, 0.3) is 0 Å². The summed E-state index contributed by atoms with van der Waals surface area (Å²) in [6, 6.07) is 10.9. The Hall–Kier alpha value is -1.87. The highest BCUT2D eigenvalue weighted by atomic mass is 32.1. The van der Waals surface area contributed by atoms with Crippen LogP contribution in [-0.4, -0.2) is 11.1 Å². The van der Waals surface area contributed by atoms with Crippen molar-refractivity contribution < 1.29 is 9.90 Å². The molecule has 1 aliphatic rings. The van der Waals surface area contributed by atoms with Crippen molar-refractivity contribution in [3.05, 3.63) is 59.5 Å². The first-order valence-electron chi connectivity index (χ1n) is 9.73. The summed E-state index contributed by atoms with van der Waals surface area (Å²) in [5, 5.41) is 10.0. The number of carboxylic acids is 1. The minimum Gasteiger partial charge on any atom is -0.481 e. The highest BCUT2D eigenvalue weighted by Gasteiger charge is 2.23. The van der Waals surface area contributed by atoms with Crippen LogP contribution >= 0.6 is 11.3 Å². The Morgan fingerprint density at radius 3 is 2.92 bits per heavy atom. The Morgan fingerprint density at radius 1 is 1.19 bits per heavy atom. The lowest BCUT2D eigenvalue weighted by Gasteiger charge is -2.13. The van der Waals surface area contributed by atoms with E-state index < -0.39 is 5.97 Å². The van der Waals surface area contributed by atoms with Crippen molar-refractivity contribution in [1.82, 2.24) is 0 Å². The number of benzene rings is 1. The predicted molar refractivity (Wildman–Crippen MR) is 111 cm³/mol. The van der Waals surface area contributed by atoms with Crippen molar-refractivity contribution in [3.63, 3.8) is 0 Å². The van der Waals surface area contributed by atoms with Crippen molar-refractivity contribution in [1.29, 1.82) is 0 Å². The summed E-state index contributed by atoms with van der Waals surface area (Å²) < 4.78 is 1.38. The molecule has 0 amide bonds. The van der Waals surface area contributed by atoms with Gasteiger partial charge in [-0.25, -0.2) is 0 Å². The van der Waals surface area contributed by atoms with E-state index in [-0.39, 0.29) is 6.42 Å². The van der Waals surface area contributed by atoms with E-state index in [2.05, 4.69) is 54.6 Å². The standard InChI is InChI=1S/C23H28O2S/c24-23(25)16-4-2-1-3-9-18-11-7-12-19(18)13-8-14-21-17-20-10-5-6-15-22(20)26-21/h1,3,5-6,8,10,13,15,17-19H,2,4,7,9,11-12,14,16H2,(H,24,25)/b3-1-,13-8+/t18?,19-/m1/s1. The Labute approximate surface area is 160 Å². The molecule has 1 saturated carbocycles. The minimum atomic E-state index is -0.696. The topological polar surface area (TPSA) is 37.3 Å². The van der Waals surface area contributed by atoms with Gasteiger partial charge in [-0.05, 0) is 67.9 Å². The fraction of sp³-hybridized carbons (Fsp3) is 0.435. The summed E-state index contributed by atoms with van der Waals surface area (Å²) in [4.78, 5) is 11.9. The molecule has 2 atom stereocenters. The van der Waals surface area contributed by atoms with Gasteiger partial charge >= 0.3 is 5.97 Å². The zero-order chi connectivity index (χ0) is 18.2. The molecule has 26 heavy (non-hydrogen) atoms. The Morgan fingerprint density at radius 2 is 2.08 bits per heavy atom. The van der Waals surface area contributed by atoms with E-state index in [1.54, 1.807) is 0 Å². The zero-order valence-corrected chi connectivity index (χ0v) is 16.1. The van der Waals surface area contributed by atoms with Crippen molar-refractivity contribution in [3.8, 4) is 0 Å². The predicted octanol–water partition coefficient (Wildman–Crippen LogP) is 6.62. The molecule has 0 aliphatic heterocycles. The highest BCUT2D eigenvalue weighted by molar-refractivity contribution is 7.19. The highest BCUT2D eigenvalue weighted by Crippen LogP contribution is 2.35. The van der Waals surface area contributed by atoms with E-state index >= 15 is 0 Å². The lowest BCUT2D eigenvalue weighted by atomic mass is 9.92. The number of unbranched alkanes of at least 4 members (excludes halogenated alkanes) is 1. The quantitative estimate of drug-likeness (QED) is 0.399. The van der Waals surface area contributed by atoms with Gasteiger partial charge in [-0.15, -0.1) is 11.3 Å². The van der Waals surface area contributed by atoms with E-state index in [0.717, 1.165) is 31.6 Å². The number of rotatable bonds is 9. The molecule has 1 aliphatic carbocycles. The molecular formula is C23H28O2S. The normalized spacial score (nSPS) is 20.6. The maximum atomic E-state index is 10.5. The number of fused-ring (bicyclic) bond motifs is 1. The summed E-state index contributed by atoms with van der Waals surface area (Å²) in [5.41, 5.74) is 0. The third-order valence-corrected chi connectivity index (χ3v) is 6.40. The van der Waals surface area contributed by atoms with E-state index in [1.165, 1.54) is 34.2 Å². The molecular weight excluding hydrogens is 340 g/mol. The van der Waals surface area contributed by atoms with E-state index in [1.807, 2.05) is 11.3 Å². The zero-order valence-electron chi connectivity index (χ0n) is 15.3. The van der Waals surface area contributed by atoms with Gasteiger partial charge in [0, 0.05) is 16.0 Å². The molecule has 0 radical (unpaired) electrons. The van der Waals surface area contributed by atoms with Crippen LogP contribution in [0.2, 0.25) is 0 Å². The van der Waals surface area contributed by atoms with Gasteiger partial charge in [0.1, 0.15) is 0 Å². The van der Waals surface area contributed by atoms with Gasteiger partial charge < -0.3 is 5.11 Å². The van der Waals surface area contributed by atoms with Crippen LogP contribution in [0.5, 0.6) is 0 Å². The summed E-state index contributed by atoms with van der Waals surface area (Å²) in [5.74, 6) is 0.760. The molecule has 0 saturated heterocycles. The van der Waals surface area contributed by atoms with Crippen LogP contribution in [0.4, 0.5) is 0 Å². The second-order valence-electron chi connectivity index (χ2n) is 7.23. The summed E-state index contributed by atoms with van der Waals surface area (Å²) in [6.07, 6.45) is 17.3. The molecule has 2 aromatic rings. The summed E-state index contributed by atoms with van der Waals surface area (Å²) in [7, 11) is 0. The fourth-order valence-electron chi connectivity index (χ4n) is 3.87. The first-order valence-corrected chi connectivity index (χ1v) is 10.5. The lowest BCUT2D eigenvalue weighted by molar-refractivity contribution is -0.137. The minimum absolute atomic E-state index is 0.275. The van der Waals surface area contributed by atoms with Crippen LogP contribution in [0.3, 0.4) is 0 Å². The number of hydrogen-bond acceptors (Lipinski definition) is 2. The molecule has 1 heterocycles. The maximum Gasteiger partial charge on any atom is 0.303 e. The van der Waals surface area contributed by atoms with Crippen LogP contribution in [0, 0.1) is 11.8 Å². The number of carboxylic acid groups (broad SMARTS) is 1. The van der Waals surface area contributed by atoms with Crippen LogP contribution < -0.4 is 0 Å². The third kappa shape index (κ3) is 5.57. The van der Waals surface area contributed by atoms with E-state index in [0.29, 0.717) is 5.92 Å². The van der Waals surface area contributed by atoms with Crippen LogP contribution in [0.1, 0.15) is 49.8 Å². The number of thiophene rings is 1. The molecule has 3 heteroatoms. The van der Waals surface area contributed by atoms with Gasteiger partial charge in [-0.3, -0.25) is 4.79 Å². The summed E-state index contributed by atoms with van der Waals surface area (Å²) >= 11 is 1.90. The van der Waals surface area contributed by atoms with Gasteiger partial charge in [0.2, 0.25) is 0 Å². The van der Waals surface area contributed by atoms with Gasteiger partial charge in [-0.2, -0.15) is 0 Å². The lowest BCUT2D eigenvalue weighted by Crippen LogP contribution is -2.03. The monoisotopic (exact) mass is 368 g/mol. The molecule has 0 spiro atoms. The molecule has 0 bridgehead atoms. The fourth-order valence-corrected chi connectivity index (χ4v) is 4.91. The van der Waals surface area contributed by atoms with Crippen LogP contribution in [0.25, 0.3) is 10.1 Å². The molecule has 1 aromatic carbocycles. The van der Waals surface area contributed by atoms with Crippen molar-refractivity contribution in [2.75, 3.05) is 0 Å². The number of allylic oxidation sites excluding steroid dienone is 4. The second kappa shape index (κ2) is 9.72. The molecule has 3 rings (SSSR count). The number of aliphatic carboxylic acids is 1. The van der Waals surface area contributed by atoms with Gasteiger partial charge in [0.15, 0.2) is 0 Å². The average molecular weight is 369 g/mol. The Kier molecular flexibility index (Phi) is 7.07. The number of carbonyl (C=O) groups is 1. The summed E-state index contributed by atoms with van der Waals surface area (Å²) in [6.45, 7) is 0. The van der Waals surface area contributed by atoms with Crippen LogP contribution in [0.15, 0.2) is 54.6 Å². The molecule has 1 fully saturated rings. The van der Waals surface area contributed by atoms with Crippen molar-refractivity contribution >= 4 is 27.4 Å². The van der Waals surface area contributed by atoms with Crippen LogP contribution in [-0.2, 0) is 11.2 Å². The first kappa shape index (κ1) is 18.9. The average Bonchev–Trinajstić information content (AvgIpc) is 3.24. The maximum absolute atomic E-state index is 10.5. The smallest absolute Gasteiger partial charge is 0.303 e. The Bertz CT molecular complexity index is 738. The SMILES string of the molecule is O=C(O)CCC/C=C\CC1CCC[C@@H]1/C=C/Cc1cc2ccccc2s1. The Balaban J connectivity index is 1.44. The molecule has 138 valence electrons. The van der Waals surface area contributed by atoms with Gasteiger partial charge in [-0.1, -0.05) is 48.9 Å². The van der Waals surface area contributed by atoms with E-state index in [4.69, 9.17) is 5.11 Å². The third-order valence-electron chi connectivity index (χ3n) is 5.26. The molecule has 2 nitrogen and oxygen atoms in total.